The van der Waals surface area contributed by atoms with Gasteiger partial charge in [-0.3, -0.25) is 9.89 Å². The fraction of sp³-hybridized carbons (Fsp3) is 0.333. The topological polar surface area (TPSA) is 83.8 Å². The van der Waals surface area contributed by atoms with E-state index < -0.39 is 0 Å². The Hall–Kier alpha value is -2.30. The smallest absolute Gasteiger partial charge is 0.220 e. The highest BCUT2D eigenvalue weighted by Gasteiger charge is 2.11. The molecule has 4 N–H and O–H groups in total. The highest BCUT2D eigenvalue weighted by atomic mass is 16.1. The second kappa shape index (κ2) is 6.23. The van der Waals surface area contributed by atoms with Crippen LogP contribution < -0.4 is 11.1 Å². The number of hydrogen-bond acceptors (Lipinski definition) is 3. The van der Waals surface area contributed by atoms with Gasteiger partial charge in [-0.05, 0) is 30.5 Å². The molecule has 2 rings (SSSR count). The van der Waals surface area contributed by atoms with Crippen LogP contribution in [0.15, 0.2) is 30.5 Å². The molecule has 0 saturated carbocycles. The first-order valence-electron chi connectivity index (χ1n) is 6.67. The van der Waals surface area contributed by atoms with E-state index in [-0.39, 0.29) is 11.8 Å². The van der Waals surface area contributed by atoms with Gasteiger partial charge in [0, 0.05) is 29.9 Å². The molecule has 1 aromatic heterocycles. The number of nitrogens with one attached hydrogen (secondary N) is 2. The second-order valence-corrected chi connectivity index (χ2v) is 5.07. The summed E-state index contributed by atoms with van der Waals surface area (Å²) in [6.07, 6.45) is 2.19. The number of carbonyl (C=O) groups excluding carboxylic acids is 1. The van der Waals surface area contributed by atoms with E-state index in [2.05, 4.69) is 15.5 Å². The number of rotatable bonds is 5. The number of carbonyl (C=O) groups is 1. The number of amides is 1. The molecule has 20 heavy (non-hydrogen) atoms. The third-order valence-corrected chi connectivity index (χ3v) is 3.41. The number of nitrogens with zero attached hydrogens (tertiary/aromatic N) is 1. The number of benzene rings is 1. The maximum Gasteiger partial charge on any atom is 0.220 e. The SMILES string of the molecule is Cc1[nH]ncc1CNC(=O)CC(C)c1ccc(N)cc1. The van der Waals surface area contributed by atoms with Gasteiger partial charge in [-0.25, -0.2) is 0 Å². The second-order valence-electron chi connectivity index (χ2n) is 5.07. The van der Waals surface area contributed by atoms with Crippen LogP contribution in [-0.4, -0.2) is 16.1 Å². The van der Waals surface area contributed by atoms with Crippen LogP contribution in [0.1, 0.15) is 36.1 Å². The Balaban J connectivity index is 1.85. The lowest BCUT2D eigenvalue weighted by molar-refractivity contribution is -0.121. The number of aryl methyl sites for hydroxylation is 1. The Kier molecular flexibility index (Phi) is 4.40. The molecule has 106 valence electrons. The van der Waals surface area contributed by atoms with E-state index in [4.69, 9.17) is 5.73 Å². The lowest BCUT2D eigenvalue weighted by atomic mass is 9.97. The zero-order valence-corrected chi connectivity index (χ0v) is 11.8. The van der Waals surface area contributed by atoms with Gasteiger partial charge >= 0.3 is 0 Å². The Morgan fingerprint density at radius 1 is 1.40 bits per heavy atom. The predicted molar refractivity (Wildman–Crippen MR) is 79.1 cm³/mol. The highest BCUT2D eigenvalue weighted by molar-refractivity contribution is 5.76. The number of nitrogen functional groups attached to an aromatic ring is 1. The first-order valence-corrected chi connectivity index (χ1v) is 6.67. The van der Waals surface area contributed by atoms with Crippen molar-refractivity contribution in [3.8, 4) is 0 Å². The number of hydrogen-bond donors (Lipinski definition) is 3. The molecule has 0 aliphatic carbocycles. The Bertz CT molecular complexity index is 574. The fourth-order valence-corrected chi connectivity index (χ4v) is 2.04. The van der Waals surface area contributed by atoms with Gasteiger partial charge in [-0.2, -0.15) is 5.10 Å². The monoisotopic (exact) mass is 272 g/mol. The van der Waals surface area contributed by atoms with Crippen molar-refractivity contribution in [2.45, 2.75) is 32.7 Å². The average molecular weight is 272 g/mol. The standard InChI is InChI=1S/C15H20N4O/c1-10(12-3-5-14(16)6-4-12)7-15(20)17-8-13-9-18-19-11(13)2/h3-6,9-10H,7-8,16H2,1-2H3,(H,17,20)(H,18,19). The number of aromatic nitrogens is 2. The molecule has 1 amide bonds. The van der Waals surface area contributed by atoms with Crippen LogP contribution in [-0.2, 0) is 11.3 Å². The van der Waals surface area contributed by atoms with Crippen LogP contribution >= 0.6 is 0 Å². The summed E-state index contributed by atoms with van der Waals surface area (Å²) < 4.78 is 0. The number of aromatic amines is 1. The van der Waals surface area contributed by atoms with E-state index in [9.17, 15) is 4.79 Å². The van der Waals surface area contributed by atoms with E-state index >= 15 is 0 Å². The lowest BCUT2D eigenvalue weighted by Crippen LogP contribution is -2.24. The maximum absolute atomic E-state index is 11.9. The molecular weight excluding hydrogens is 252 g/mol. The summed E-state index contributed by atoms with van der Waals surface area (Å²) in [6.45, 7) is 4.48. The largest absolute Gasteiger partial charge is 0.399 e. The zero-order chi connectivity index (χ0) is 14.5. The van der Waals surface area contributed by atoms with Gasteiger partial charge in [-0.1, -0.05) is 19.1 Å². The first-order chi connectivity index (χ1) is 9.56. The molecule has 1 aromatic carbocycles. The summed E-state index contributed by atoms with van der Waals surface area (Å²) in [4.78, 5) is 11.9. The molecular formula is C15H20N4O. The van der Waals surface area contributed by atoms with Gasteiger partial charge in [0.25, 0.3) is 0 Å². The molecule has 0 bridgehead atoms. The van der Waals surface area contributed by atoms with Crippen molar-refractivity contribution in [2.24, 2.45) is 0 Å². The molecule has 1 heterocycles. The molecule has 0 aliphatic heterocycles. The van der Waals surface area contributed by atoms with Crippen molar-refractivity contribution in [3.05, 3.63) is 47.3 Å². The van der Waals surface area contributed by atoms with Gasteiger partial charge < -0.3 is 11.1 Å². The van der Waals surface area contributed by atoms with Crippen molar-refractivity contribution in [1.82, 2.24) is 15.5 Å². The fourth-order valence-electron chi connectivity index (χ4n) is 2.04. The minimum absolute atomic E-state index is 0.0370. The molecule has 0 radical (unpaired) electrons. The summed E-state index contributed by atoms with van der Waals surface area (Å²) in [7, 11) is 0. The Morgan fingerprint density at radius 2 is 2.10 bits per heavy atom. The third kappa shape index (κ3) is 3.60. The summed E-state index contributed by atoms with van der Waals surface area (Å²) in [5.41, 5.74) is 9.51. The minimum atomic E-state index is 0.0370. The van der Waals surface area contributed by atoms with E-state index in [0.29, 0.717) is 13.0 Å². The maximum atomic E-state index is 11.9. The van der Waals surface area contributed by atoms with Crippen molar-refractivity contribution >= 4 is 11.6 Å². The Morgan fingerprint density at radius 3 is 2.70 bits per heavy atom. The predicted octanol–water partition coefficient (Wildman–Crippen LogP) is 2.11. The van der Waals surface area contributed by atoms with Crippen molar-refractivity contribution < 1.29 is 4.79 Å². The van der Waals surface area contributed by atoms with Gasteiger partial charge in [0.05, 0.1) is 6.20 Å². The van der Waals surface area contributed by atoms with Crippen LogP contribution in [0.25, 0.3) is 0 Å². The lowest BCUT2D eigenvalue weighted by Gasteiger charge is -2.12. The average Bonchev–Trinajstić information content (AvgIpc) is 2.82. The summed E-state index contributed by atoms with van der Waals surface area (Å²) in [5.74, 6) is 0.205. The van der Waals surface area contributed by atoms with E-state index in [1.54, 1.807) is 6.20 Å². The molecule has 0 spiro atoms. The van der Waals surface area contributed by atoms with Gasteiger partial charge in [0.15, 0.2) is 0 Å². The molecule has 0 saturated heterocycles. The normalized spacial score (nSPS) is 12.1. The summed E-state index contributed by atoms with van der Waals surface area (Å²) in [6, 6.07) is 7.65. The molecule has 0 aliphatic rings. The van der Waals surface area contributed by atoms with Crippen LogP contribution in [0.3, 0.4) is 0 Å². The molecule has 1 atom stereocenters. The van der Waals surface area contributed by atoms with Crippen LogP contribution in [0.2, 0.25) is 0 Å². The number of H-pyrrole nitrogens is 1. The number of nitrogens with two attached hydrogens (primary N) is 1. The molecule has 5 heteroatoms. The summed E-state index contributed by atoms with van der Waals surface area (Å²) in [5, 5.41) is 9.69. The first kappa shape index (κ1) is 14.1. The third-order valence-electron chi connectivity index (χ3n) is 3.41. The molecule has 2 aromatic rings. The van der Waals surface area contributed by atoms with E-state index in [0.717, 1.165) is 22.5 Å². The van der Waals surface area contributed by atoms with Gasteiger partial charge in [0.2, 0.25) is 5.91 Å². The quantitative estimate of drug-likeness (QED) is 0.729. The van der Waals surface area contributed by atoms with Gasteiger partial charge in [-0.15, -0.1) is 0 Å². The summed E-state index contributed by atoms with van der Waals surface area (Å²) >= 11 is 0. The van der Waals surface area contributed by atoms with E-state index in [1.165, 1.54) is 0 Å². The van der Waals surface area contributed by atoms with Crippen molar-refractivity contribution in [1.29, 1.82) is 0 Å². The van der Waals surface area contributed by atoms with Crippen LogP contribution in [0, 0.1) is 6.92 Å². The number of anilines is 1. The Labute approximate surface area is 118 Å². The zero-order valence-electron chi connectivity index (χ0n) is 11.8. The molecule has 0 fully saturated rings. The minimum Gasteiger partial charge on any atom is -0.399 e. The molecule has 1 unspecified atom stereocenters. The highest BCUT2D eigenvalue weighted by Crippen LogP contribution is 2.20. The van der Waals surface area contributed by atoms with Crippen molar-refractivity contribution in [2.75, 3.05) is 5.73 Å². The van der Waals surface area contributed by atoms with Crippen LogP contribution in [0.4, 0.5) is 5.69 Å². The van der Waals surface area contributed by atoms with Crippen LogP contribution in [0.5, 0.6) is 0 Å². The van der Waals surface area contributed by atoms with Gasteiger partial charge in [0.1, 0.15) is 0 Å². The van der Waals surface area contributed by atoms with E-state index in [1.807, 2.05) is 38.1 Å². The van der Waals surface area contributed by atoms with Crippen molar-refractivity contribution in [3.63, 3.8) is 0 Å². The molecule has 5 nitrogen and oxygen atoms in total.